The Balaban J connectivity index is 2.03. The Labute approximate surface area is 177 Å². The lowest BCUT2D eigenvalue weighted by molar-refractivity contribution is 0.443. The molecule has 0 radical (unpaired) electrons. The van der Waals surface area contributed by atoms with Crippen LogP contribution in [0, 0.1) is 0 Å². The highest BCUT2D eigenvalue weighted by atomic mass is 16.3. The predicted molar refractivity (Wildman–Crippen MR) is 125 cm³/mol. The van der Waals surface area contributed by atoms with Gasteiger partial charge in [-0.2, -0.15) is 0 Å². The van der Waals surface area contributed by atoms with Gasteiger partial charge < -0.3 is 5.11 Å². The maximum absolute atomic E-state index is 11.0. The zero-order valence-electron chi connectivity index (χ0n) is 19.0. The van der Waals surface area contributed by atoms with E-state index in [1.54, 1.807) is 0 Å². The molecule has 1 N–H and O–H groups in total. The van der Waals surface area contributed by atoms with Crippen LogP contribution >= 0.6 is 0 Å². The van der Waals surface area contributed by atoms with Crippen LogP contribution in [0.25, 0.3) is 0 Å². The van der Waals surface area contributed by atoms with E-state index in [0.717, 1.165) is 16.8 Å². The summed E-state index contributed by atoms with van der Waals surface area (Å²) < 4.78 is 0. The normalized spacial score (nSPS) is 16.5. The van der Waals surface area contributed by atoms with Gasteiger partial charge in [-0.05, 0) is 52.8 Å². The second-order valence-electron chi connectivity index (χ2n) is 10.6. The number of aromatic hydroxyl groups is 1. The van der Waals surface area contributed by atoms with Gasteiger partial charge in [0.25, 0.3) is 0 Å². The molecular formula is C27H37NO. The fraction of sp³-hybridized carbons (Fsp3) is 0.519. The molecule has 0 atom stereocenters. The van der Waals surface area contributed by atoms with Crippen LogP contribution in [-0.2, 0) is 10.8 Å². The summed E-state index contributed by atoms with van der Waals surface area (Å²) in [6.07, 6.45) is 8.35. The van der Waals surface area contributed by atoms with Crippen molar-refractivity contribution in [3.63, 3.8) is 0 Å². The number of nitrogens with zero attached hydrogens (tertiary/aromatic N) is 1. The fourth-order valence-electron chi connectivity index (χ4n) is 4.26. The molecule has 0 aromatic heterocycles. The van der Waals surface area contributed by atoms with E-state index in [-0.39, 0.29) is 10.8 Å². The van der Waals surface area contributed by atoms with Crippen molar-refractivity contribution in [2.75, 3.05) is 0 Å². The van der Waals surface area contributed by atoms with E-state index >= 15 is 0 Å². The molecule has 0 saturated heterocycles. The van der Waals surface area contributed by atoms with E-state index in [0.29, 0.717) is 11.7 Å². The van der Waals surface area contributed by atoms with Gasteiger partial charge in [-0.1, -0.05) is 85.1 Å². The Morgan fingerprint density at radius 2 is 1.55 bits per heavy atom. The molecule has 0 unspecified atom stereocenters. The quantitative estimate of drug-likeness (QED) is 0.532. The van der Waals surface area contributed by atoms with Crippen LogP contribution < -0.4 is 0 Å². The third-order valence-electron chi connectivity index (χ3n) is 6.14. The van der Waals surface area contributed by atoms with E-state index in [4.69, 9.17) is 4.99 Å². The average Bonchev–Trinajstić information content (AvgIpc) is 2.66. The number of hydrogen-bond donors (Lipinski definition) is 1. The number of para-hydroxylation sites is 1. The molecule has 3 rings (SSSR count). The third kappa shape index (κ3) is 5.10. The molecular weight excluding hydrogens is 354 g/mol. The van der Waals surface area contributed by atoms with E-state index in [1.165, 1.54) is 43.2 Å². The molecule has 0 amide bonds. The Morgan fingerprint density at radius 1 is 0.897 bits per heavy atom. The third-order valence-corrected chi connectivity index (χ3v) is 6.14. The zero-order chi connectivity index (χ0) is 21.2. The van der Waals surface area contributed by atoms with Crippen LogP contribution in [0.15, 0.2) is 41.4 Å². The largest absolute Gasteiger partial charge is 0.507 e. The van der Waals surface area contributed by atoms with Crippen molar-refractivity contribution in [2.24, 2.45) is 4.99 Å². The van der Waals surface area contributed by atoms with Gasteiger partial charge in [0.05, 0.1) is 5.69 Å². The van der Waals surface area contributed by atoms with Crippen molar-refractivity contribution in [1.29, 1.82) is 0 Å². The van der Waals surface area contributed by atoms with Gasteiger partial charge in [-0.25, -0.2) is 0 Å². The highest BCUT2D eigenvalue weighted by molar-refractivity contribution is 5.87. The topological polar surface area (TPSA) is 32.6 Å². The van der Waals surface area contributed by atoms with Gasteiger partial charge in [0.1, 0.15) is 5.75 Å². The highest BCUT2D eigenvalue weighted by Crippen LogP contribution is 2.39. The molecule has 1 fully saturated rings. The number of hydrogen-bond acceptors (Lipinski definition) is 2. The van der Waals surface area contributed by atoms with Crippen molar-refractivity contribution in [2.45, 2.75) is 90.4 Å². The number of phenolic OH excluding ortho intramolecular Hbond substituents is 1. The molecule has 1 aliphatic carbocycles. The van der Waals surface area contributed by atoms with Crippen molar-refractivity contribution in [1.82, 2.24) is 0 Å². The first-order valence-corrected chi connectivity index (χ1v) is 11.1. The Kier molecular flexibility index (Phi) is 6.22. The van der Waals surface area contributed by atoms with Gasteiger partial charge >= 0.3 is 0 Å². The summed E-state index contributed by atoms with van der Waals surface area (Å²) >= 11 is 0. The first-order chi connectivity index (χ1) is 13.6. The van der Waals surface area contributed by atoms with Crippen LogP contribution in [0.1, 0.15) is 102 Å². The second kappa shape index (κ2) is 8.34. The van der Waals surface area contributed by atoms with Crippen LogP contribution in [0.2, 0.25) is 0 Å². The van der Waals surface area contributed by atoms with E-state index in [2.05, 4.69) is 77.9 Å². The van der Waals surface area contributed by atoms with Gasteiger partial charge in [-0.15, -0.1) is 0 Å². The smallest absolute Gasteiger partial charge is 0.128 e. The minimum absolute atomic E-state index is 0.0102. The van der Waals surface area contributed by atoms with Gasteiger partial charge in [0, 0.05) is 17.3 Å². The van der Waals surface area contributed by atoms with Gasteiger partial charge in [0.2, 0.25) is 0 Å². The van der Waals surface area contributed by atoms with Crippen molar-refractivity contribution < 1.29 is 5.11 Å². The standard InChI is InChI=1S/C27H37NO/c1-26(2,3)21-16-20(25(29)23(17-21)27(4,5)6)18-28-24-15-11-10-14-22(24)19-12-8-7-9-13-19/h10-11,14-19,29H,7-9,12-13H2,1-6H3. The van der Waals surface area contributed by atoms with Crippen LogP contribution in [0.3, 0.4) is 0 Å². The van der Waals surface area contributed by atoms with Crippen molar-refractivity contribution in [3.05, 3.63) is 58.7 Å². The molecule has 29 heavy (non-hydrogen) atoms. The Morgan fingerprint density at radius 3 is 2.17 bits per heavy atom. The minimum Gasteiger partial charge on any atom is -0.507 e. The molecule has 1 saturated carbocycles. The van der Waals surface area contributed by atoms with E-state index in [1.807, 2.05) is 6.21 Å². The molecule has 2 aromatic rings. The first kappa shape index (κ1) is 21.6. The number of aliphatic imine (C=N–C) groups is 1. The second-order valence-corrected chi connectivity index (χ2v) is 10.6. The molecule has 0 aliphatic heterocycles. The predicted octanol–water partition coefficient (Wildman–Crippen LogP) is 7.79. The molecule has 0 heterocycles. The van der Waals surface area contributed by atoms with Crippen LogP contribution in [0.4, 0.5) is 5.69 Å². The summed E-state index contributed by atoms with van der Waals surface area (Å²) in [6.45, 7) is 13.1. The van der Waals surface area contributed by atoms with Crippen molar-refractivity contribution in [3.8, 4) is 5.75 Å². The summed E-state index contributed by atoms with van der Waals surface area (Å²) in [5.74, 6) is 0.959. The Bertz CT molecular complexity index is 874. The SMILES string of the molecule is CC(C)(C)c1cc(C=Nc2ccccc2C2CCCCC2)c(O)c(C(C)(C)C)c1. The fourth-order valence-corrected chi connectivity index (χ4v) is 4.26. The van der Waals surface area contributed by atoms with Gasteiger partial charge in [-0.3, -0.25) is 4.99 Å². The average molecular weight is 392 g/mol. The van der Waals surface area contributed by atoms with E-state index < -0.39 is 0 Å². The molecule has 0 bridgehead atoms. The van der Waals surface area contributed by atoms with Crippen molar-refractivity contribution >= 4 is 11.9 Å². The summed E-state index contributed by atoms with van der Waals surface area (Å²) in [6, 6.07) is 12.8. The zero-order valence-corrected chi connectivity index (χ0v) is 19.0. The lowest BCUT2D eigenvalue weighted by Gasteiger charge is -2.27. The minimum atomic E-state index is -0.131. The summed E-state index contributed by atoms with van der Waals surface area (Å²) in [5, 5.41) is 11.0. The molecule has 156 valence electrons. The first-order valence-electron chi connectivity index (χ1n) is 11.1. The molecule has 2 aromatic carbocycles. The molecule has 2 nitrogen and oxygen atoms in total. The lowest BCUT2D eigenvalue weighted by Crippen LogP contribution is -2.17. The highest BCUT2D eigenvalue weighted by Gasteiger charge is 2.24. The Hall–Kier alpha value is -2.09. The molecule has 1 aliphatic rings. The van der Waals surface area contributed by atoms with Gasteiger partial charge in [0.15, 0.2) is 0 Å². The maximum atomic E-state index is 11.0. The number of phenols is 1. The monoisotopic (exact) mass is 391 g/mol. The van der Waals surface area contributed by atoms with Crippen LogP contribution in [-0.4, -0.2) is 11.3 Å². The van der Waals surface area contributed by atoms with Crippen LogP contribution in [0.5, 0.6) is 5.75 Å². The summed E-state index contributed by atoms with van der Waals surface area (Å²) in [7, 11) is 0. The number of benzene rings is 2. The summed E-state index contributed by atoms with van der Waals surface area (Å²) in [5.41, 5.74) is 5.28. The maximum Gasteiger partial charge on any atom is 0.128 e. The molecule has 0 spiro atoms. The lowest BCUT2D eigenvalue weighted by atomic mass is 9.79. The van der Waals surface area contributed by atoms with E-state index in [9.17, 15) is 5.11 Å². The molecule has 2 heteroatoms. The summed E-state index contributed by atoms with van der Waals surface area (Å²) in [4.78, 5) is 4.87. The number of rotatable bonds is 3.